The van der Waals surface area contributed by atoms with E-state index in [-0.39, 0.29) is 0 Å². The van der Waals surface area contributed by atoms with Crippen molar-refractivity contribution < 1.29 is 161 Å². The Morgan fingerprint density at radius 2 is 0.457 bits per heavy atom. The fourth-order valence-corrected chi connectivity index (χ4v) is 9.37. The number of rotatable bonds is 8. The van der Waals surface area contributed by atoms with Crippen molar-refractivity contribution in [2.75, 3.05) is 39.6 Å². The average Bonchev–Trinajstić information content (AvgIpc) is 3.33. The van der Waals surface area contributed by atoms with Gasteiger partial charge in [-0.25, -0.2) is 4.18 Å². The molecule has 22 aliphatic rings. The van der Waals surface area contributed by atoms with E-state index < -0.39 is 234 Å². The number of hydrogen-bond donors (Lipinski definition) is 18. The number of aliphatic hydroxyl groups is 17. The van der Waals surface area contributed by atoms with E-state index in [2.05, 4.69) is 4.18 Å². The molecule has 34 heteroatoms. The summed E-state index contributed by atoms with van der Waals surface area (Å²) in [5.74, 6) is 0. The summed E-state index contributed by atoms with van der Waals surface area (Å²) in [6.45, 7) is -6.57. The Hall–Kier alpha value is -1.29. The van der Waals surface area contributed by atoms with Crippen LogP contribution in [0.5, 0.6) is 0 Å². The van der Waals surface area contributed by atoms with Gasteiger partial charge in [0.25, 0.3) is 0 Å². The highest BCUT2D eigenvalue weighted by atomic mass is 32.3. The molecule has 22 saturated heterocycles. The summed E-state index contributed by atoms with van der Waals surface area (Å²) in [5.41, 5.74) is 0. The van der Waals surface area contributed by atoms with Crippen LogP contribution in [0.1, 0.15) is 0 Å². The maximum atomic E-state index is 11.6. The lowest BCUT2D eigenvalue weighted by Gasteiger charge is -2.50. The van der Waals surface area contributed by atoms with Crippen molar-refractivity contribution in [1.82, 2.24) is 0 Å². The molecule has 33 nitrogen and oxygen atoms in total. The van der Waals surface area contributed by atoms with Gasteiger partial charge >= 0.3 is 10.4 Å². The van der Waals surface area contributed by atoms with E-state index in [9.17, 15) is 99.8 Å². The SMILES string of the molecule is O=S(=O)(O)OC[C@H]1O[C@@H]2O[C@H]3[C@H](O)[C@@H](O)[C@@H](O[C@H]4[C@H](O)[C@@H](O)[C@@H](O[C@H]5[C@H](O)[C@@H](O)[C@@H](O[C@H]6[C@H](O)[C@@H](O)[C@@H](O[C@H]7[C@H](O)[C@@H](O)[C@@H](O[C@H]1[C@H](O)[C@H]2O)O[C@@H]7CO)O[C@@H]6CO)O[C@@H]5CO)O[C@@H]4CO)O[C@@H]3CO. The van der Waals surface area contributed by atoms with E-state index in [4.69, 9.17) is 56.8 Å². The largest absolute Gasteiger partial charge is 0.397 e. The molecular weight excluding hydrogens is 992 g/mol. The molecule has 22 aliphatic heterocycles. The Kier molecular flexibility index (Phi) is 18.8. The second kappa shape index (κ2) is 23.3. The van der Waals surface area contributed by atoms with Gasteiger partial charge in [-0.2, -0.15) is 8.42 Å². The molecule has 12 bridgehead atoms. The molecule has 70 heavy (non-hydrogen) atoms. The van der Waals surface area contributed by atoms with Crippen molar-refractivity contribution in [3.63, 3.8) is 0 Å². The van der Waals surface area contributed by atoms with Gasteiger partial charge in [-0.15, -0.1) is 0 Å². The van der Waals surface area contributed by atoms with Crippen molar-refractivity contribution >= 4 is 10.4 Å². The summed E-state index contributed by atoms with van der Waals surface area (Å²) < 4.78 is 105. The van der Waals surface area contributed by atoms with E-state index in [1.807, 2.05) is 0 Å². The van der Waals surface area contributed by atoms with Crippen LogP contribution in [0.25, 0.3) is 0 Å². The van der Waals surface area contributed by atoms with Crippen LogP contribution in [0.2, 0.25) is 0 Å². The summed E-state index contributed by atoms with van der Waals surface area (Å²) in [5, 5.41) is 186. The smallest absolute Gasteiger partial charge is 0.394 e. The summed E-state index contributed by atoms with van der Waals surface area (Å²) >= 11 is 0. The van der Waals surface area contributed by atoms with E-state index in [1.54, 1.807) is 0 Å². The molecule has 0 amide bonds. The lowest BCUT2D eigenvalue weighted by molar-refractivity contribution is -0.403. The first-order chi connectivity index (χ1) is 33.1. The topological polar surface area (TPSA) is 518 Å². The molecule has 0 spiro atoms. The summed E-state index contributed by atoms with van der Waals surface area (Å²) in [4.78, 5) is 0. The zero-order chi connectivity index (χ0) is 51.3. The van der Waals surface area contributed by atoms with Gasteiger partial charge in [0, 0.05) is 0 Å². The first-order valence-electron chi connectivity index (χ1n) is 21.8. The molecule has 0 aromatic rings. The first kappa shape index (κ1) is 56.4. The number of ether oxygens (including phenoxy) is 12. The van der Waals surface area contributed by atoms with Crippen LogP contribution >= 0.6 is 0 Å². The highest BCUT2D eigenvalue weighted by Gasteiger charge is 2.59. The van der Waals surface area contributed by atoms with E-state index >= 15 is 0 Å². The molecule has 0 aliphatic carbocycles. The zero-order valence-corrected chi connectivity index (χ0v) is 37.0. The van der Waals surface area contributed by atoms with Crippen LogP contribution in [0.15, 0.2) is 0 Å². The average molecular weight is 1050 g/mol. The minimum Gasteiger partial charge on any atom is -0.394 e. The second-order valence-corrected chi connectivity index (χ2v) is 18.5. The predicted molar refractivity (Wildman–Crippen MR) is 206 cm³/mol. The Balaban J connectivity index is 1.21. The maximum Gasteiger partial charge on any atom is 0.397 e. The minimum atomic E-state index is -5.31. The third-order valence-corrected chi connectivity index (χ3v) is 13.3. The fraction of sp³-hybridized carbons (Fsp3) is 1.00. The zero-order valence-electron chi connectivity index (χ0n) is 36.1. The molecule has 30 atom stereocenters. The number of aliphatic hydroxyl groups excluding tert-OH is 17. The van der Waals surface area contributed by atoms with Gasteiger partial charge in [0.15, 0.2) is 37.7 Å². The Bertz CT molecular complexity index is 1760. The first-order valence-corrected chi connectivity index (χ1v) is 23.1. The van der Waals surface area contributed by atoms with Crippen LogP contribution in [0.3, 0.4) is 0 Å². The minimum absolute atomic E-state index is 1.03. The van der Waals surface area contributed by atoms with Crippen LogP contribution < -0.4 is 0 Å². The van der Waals surface area contributed by atoms with Gasteiger partial charge < -0.3 is 144 Å². The van der Waals surface area contributed by atoms with Crippen LogP contribution in [-0.4, -0.2) is 324 Å². The quantitative estimate of drug-likeness (QED) is 0.100. The Morgan fingerprint density at radius 3 is 0.629 bits per heavy atom. The molecule has 22 rings (SSSR count). The molecule has 22 fully saturated rings. The maximum absolute atomic E-state index is 11.6. The molecule has 0 saturated carbocycles. The van der Waals surface area contributed by atoms with Gasteiger partial charge in [-0.05, 0) is 0 Å². The highest BCUT2D eigenvalue weighted by molar-refractivity contribution is 7.80. The standard InChI is InChI=1S/C36H60O33S/c37-1-7-25-13(42)19(48)31(58-7)65-26-8(2-38)60-33(21(50)15(26)44)67-28-10(4-40)62-35(23(52)17(28)46)69-30-12(6-57-70(54,55)56)63-36(24(53)18(30)47)68-29-11(5-41)61-34(22(51)16(29)45)66-27-9(3-39)59-32(64-25)20(49)14(27)43/h7-53H,1-6H2,(H,54,55,56)/t7-,8-,9-,10-,11-,12-,13-,14-,15-,16-,17-,18-,19-,20-,21-,22-,23-,24-,25-,26-,27-,28-,29-,30-,31-,32-,33-,34-,35-,36-/m1/s1. The summed E-state index contributed by atoms with van der Waals surface area (Å²) in [6.07, 6.45) is -61.6. The predicted octanol–water partition coefficient (Wildman–Crippen LogP) is -13.2. The van der Waals surface area contributed by atoms with Gasteiger partial charge in [0.2, 0.25) is 0 Å². The Morgan fingerprint density at radius 1 is 0.286 bits per heavy atom. The second-order valence-electron chi connectivity index (χ2n) is 17.4. The highest BCUT2D eigenvalue weighted by Crippen LogP contribution is 2.38. The Labute approximate surface area is 394 Å². The van der Waals surface area contributed by atoms with Crippen molar-refractivity contribution in [2.45, 2.75) is 184 Å². The molecule has 18 N–H and O–H groups in total. The normalized spacial score (nSPS) is 53.1. The van der Waals surface area contributed by atoms with Gasteiger partial charge in [0.1, 0.15) is 146 Å². The molecule has 408 valence electrons. The van der Waals surface area contributed by atoms with E-state index in [1.165, 1.54) is 0 Å². The van der Waals surface area contributed by atoms with E-state index in [0.29, 0.717) is 0 Å². The lowest BCUT2D eigenvalue weighted by Crippen LogP contribution is -2.69. The van der Waals surface area contributed by atoms with Crippen molar-refractivity contribution in [3.8, 4) is 0 Å². The van der Waals surface area contributed by atoms with Gasteiger partial charge in [-0.1, -0.05) is 0 Å². The summed E-state index contributed by atoms with van der Waals surface area (Å²) in [7, 11) is -5.31. The van der Waals surface area contributed by atoms with Crippen molar-refractivity contribution in [1.29, 1.82) is 0 Å². The lowest BCUT2D eigenvalue weighted by atomic mass is 9.94. The van der Waals surface area contributed by atoms with Crippen molar-refractivity contribution in [3.05, 3.63) is 0 Å². The third kappa shape index (κ3) is 11.4. The van der Waals surface area contributed by atoms with Gasteiger partial charge in [-0.3, -0.25) is 4.55 Å². The molecule has 0 aromatic carbocycles. The van der Waals surface area contributed by atoms with Crippen LogP contribution in [0.4, 0.5) is 0 Å². The molecule has 0 aromatic heterocycles. The van der Waals surface area contributed by atoms with Crippen LogP contribution in [0, 0.1) is 0 Å². The van der Waals surface area contributed by atoms with Gasteiger partial charge in [0.05, 0.1) is 39.6 Å². The molecule has 0 radical (unpaired) electrons. The molecule has 22 heterocycles. The summed E-state index contributed by atoms with van der Waals surface area (Å²) in [6, 6.07) is 0. The number of hydrogen-bond acceptors (Lipinski definition) is 32. The van der Waals surface area contributed by atoms with Crippen LogP contribution in [-0.2, 0) is 71.4 Å². The van der Waals surface area contributed by atoms with Crippen molar-refractivity contribution in [2.24, 2.45) is 0 Å². The molecule has 0 unspecified atom stereocenters. The third-order valence-electron chi connectivity index (χ3n) is 12.9. The molecular formula is C36H60O33S. The van der Waals surface area contributed by atoms with E-state index in [0.717, 1.165) is 0 Å². The fourth-order valence-electron chi connectivity index (χ4n) is 9.07. The monoisotopic (exact) mass is 1050 g/mol.